The largest absolute Gasteiger partial charge is 0.331 e. The van der Waals surface area contributed by atoms with Gasteiger partial charge in [0.05, 0.1) is 17.0 Å². The molecule has 1 aromatic heterocycles. The third-order valence-electron chi connectivity index (χ3n) is 6.29. The van der Waals surface area contributed by atoms with Crippen LogP contribution in [-0.4, -0.2) is 44.8 Å². The molecular formula is C22H28N4O2S. The van der Waals surface area contributed by atoms with E-state index < -0.39 is 6.04 Å². The van der Waals surface area contributed by atoms with Crippen molar-refractivity contribution in [3.63, 3.8) is 0 Å². The Morgan fingerprint density at radius 2 is 1.86 bits per heavy atom. The van der Waals surface area contributed by atoms with Crippen molar-refractivity contribution in [2.24, 2.45) is 11.7 Å². The number of hydrogen-bond acceptors (Lipinski definition) is 6. The summed E-state index contributed by atoms with van der Waals surface area (Å²) in [6, 6.07) is 8.94. The summed E-state index contributed by atoms with van der Waals surface area (Å²) >= 11 is 1.26. The van der Waals surface area contributed by atoms with E-state index in [9.17, 15) is 9.59 Å². The maximum Gasteiger partial charge on any atom is 0.240 e. The lowest BCUT2D eigenvalue weighted by atomic mass is 9.83. The zero-order valence-electron chi connectivity index (χ0n) is 16.6. The van der Waals surface area contributed by atoms with Crippen molar-refractivity contribution in [1.29, 1.82) is 0 Å². The molecule has 2 atom stereocenters. The highest BCUT2D eigenvalue weighted by Gasteiger charge is 2.38. The summed E-state index contributed by atoms with van der Waals surface area (Å²) in [5.74, 6) is 0.274. The minimum atomic E-state index is -0.478. The van der Waals surface area contributed by atoms with Crippen LogP contribution in [0.15, 0.2) is 30.3 Å². The van der Waals surface area contributed by atoms with E-state index in [1.165, 1.54) is 18.0 Å². The number of Topliss-reactive ketones (excluding diaryl/α,β-unsaturated/α-hetero) is 1. The molecule has 1 saturated carbocycles. The molecule has 1 aromatic carbocycles. The number of hydrogen-bond donors (Lipinski definition) is 1. The second kappa shape index (κ2) is 9.13. The number of rotatable bonds is 6. The normalized spacial score (nSPS) is 21.3. The number of aromatic nitrogens is 2. The Morgan fingerprint density at radius 1 is 1.10 bits per heavy atom. The first-order chi connectivity index (χ1) is 14.1. The van der Waals surface area contributed by atoms with Gasteiger partial charge in [-0.15, -0.1) is 5.10 Å². The van der Waals surface area contributed by atoms with Crippen molar-refractivity contribution in [2.75, 3.05) is 6.54 Å². The molecule has 1 aliphatic heterocycles. The van der Waals surface area contributed by atoms with Gasteiger partial charge < -0.3 is 10.6 Å². The van der Waals surface area contributed by atoms with Gasteiger partial charge in [-0.1, -0.05) is 54.1 Å². The molecule has 1 amide bonds. The summed E-state index contributed by atoms with van der Waals surface area (Å²) in [4.78, 5) is 28.8. The van der Waals surface area contributed by atoms with E-state index in [2.05, 4.69) is 9.59 Å². The number of ketones is 1. The maximum absolute atomic E-state index is 13.1. The molecule has 1 aliphatic carbocycles. The minimum Gasteiger partial charge on any atom is -0.331 e. The summed E-state index contributed by atoms with van der Waals surface area (Å²) in [6.07, 6.45) is 7.40. The second-order valence-corrected chi connectivity index (χ2v) is 9.01. The van der Waals surface area contributed by atoms with Crippen LogP contribution in [0.2, 0.25) is 0 Å². The Labute approximate surface area is 175 Å². The average Bonchev–Trinajstić information content (AvgIpc) is 3.43. The lowest BCUT2D eigenvalue weighted by Gasteiger charge is -2.32. The van der Waals surface area contributed by atoms with Crippen LogP contribution in [0.4, 0.5) is 0 Å². The lowest BCUT2D eigenvalue weighted by Crippen LogP contribution is -2.51. The van der Waals surface area contributed by atoms with Gasteiger partial charge in [0.25, 0.3) is 0 Å². The van der Waals surface area contributed by atoms with Crippen molar-refractivity contribution >= 4 is 23.2 Å². The summed E-state index contributed by atoms with van der Waals surface area (Å²) in [5, 5.41) is 4.23. The predicted octanol–water partition coefficient (Wildman–Crippen LogP) is 3.22. The number of nitrogens with two attached hydrogens (primary N) is 1. The smallest absolute Gasteiger partial charge is 0.240 e. The van der Waals surface area contributed by atoms with Gasteiger partial charge in [0, 0.05) is 18.5 Å². The molecule has 29 heavy (non-hydrogen) atoms. The molecule has 1 saturated heterocycles. The summed E-state index contributed by atoms with van der Waals surface area (Å²) < 4.78 is 4.06. The Kier molecular flexibility index (Phi) is 6.35. The topological polar surface area (TPSA) is 89.2 Å². The zero-order chi connectivity index (χ0) is 20.2. The standard InChI is InChI=1S/C22H28N4O2S/c23-20(15-8-3-1-4-9-15)22(28)26-13-7-12-17(26)18(27)14-19-21(24-25-29-19)16-10-5-2-6-11-16/h2,5-6,10-11,15,17,20H,1,3-4,7-9,12-14,23H2/t17-,20-/m0/s1. The molecule has 2 fully saturated rings. The number of nitrogens with zero attached hydrogens (tertiary/aromatic N) is 3. The molecular weight excluding hydrogens is 384 g/mol. The van der Waals surface area contributed by atoms with Crippen LogP contribution in [0.25, 0.3) is 11.3 Å². The van der Waals surface area contributed by atoms with Crippen LogP contribution in [0.1, 0.15) is 49.8 Å². The summed E-state index contributed by atoms with van der Waals surface area (Å²) in [7, 11) is 0. The van der Waals surface area contributed by atoms with Crippen LogP contribution in [-0.2, 0) is 16.0 Å². The van der Waals surface area contributed by atoms with Crippen molar-refractivity contribution in [1.82, 2.24) is 14.5 Å². The van der Waals surface area contributed by atoms with Gasteiger partial charge in [-0.05, 0) is 43.1 Å². The van der Waals surface area contributed by atoms with Gasteiger partial charge in [-0.2, -0.15) is 0 Å². The fraction of sp³-hybridized carbons (Fsp3) is 0.545. The Balaban J connectivity index is 1.45. The average molecular weight is 413 g/mol. The van der Waals surface area contributed by atoms with Gasteiger partial charge in [-0.3, -0.25) is 9.59 Å². The molecule has 6 nitrogen and oxygen atoms in total. The fourth-order valence-electron chi connectivity index (χ4n) is 4.67. The van der Waals surface area contributed by atoms with Crippen molar-refractivity contribution in [3.8, 4) is 11.3 Å². The van der Waals surface area contributed by atoms with E-state index in [0.717, 1.165) is 54.7 Å². The second-order valence-electron chi connectivity index (χ2n) is 8.17. The van der Waals surface area contributed by atoms with Crippen molar-refractivity contribution in [3.05, 3.63) is 35.2 Å². The van der Waals surface area contributed by atoms with Crippen LogP contribution in [0, 0.1) is 5.92 Å². The highest BCUT2D eigenvalue weighted by molar-refractivity contribution is 7.06. The first-order valence-corrected chi connectivity index (χ1v) is 11.4. The van der Waals surface area contributed by atoms with E-state index in [-0.39, 0.29) is 30.1 Å². The van der Waals surface area contributed by atoms with Gasteiger partial charge in [-0.25, -0.2) is 0 Å². The minimum absolute atomic E-state index is 0.0431. The third kappa shape index (κ3) is 4.41. The van der Waals surface area contributed by atoms with Gasteiger partial charge in [0.2, 0.25) is 5.91 Å². The number of likely N-dealkylation sites (tertiary alicyclic amines) is 1. The molecule has 0 bridgehead atoms. The Hall–Kier alpha value is -2.12. The lowest BCUT2D eigenvalue weighted by molar-refractivity contribution is -0.139. The molecule has 2 aromatic rings. The zero-order valence-corrected chi connectivity index (χ0v) is 17.4. The number of benzene rings is 1. The van der Waals surface area contributed by atoms with Gasteiger partial charge in [0.1, 0.15) is 5.69 Å². The molecule has 4 rings (SSSR count). The van der Waals surface area contributed by atoms with Crippen LogP contribution in [0.5, 0.6) is 0 Å². The van der Waals surface area contributed by atoms with E-state index in [4.69, 9.17) is 5.73 Å². The predicted molar refractivity (Wildman–Crippen MR) is 113 cm³/mol. The monoisotopic (exact) mass is 412 g/mol. The SMILES string of the molecule is N[C@H](C(=O)N1CCC[C@H]1C(=O)Cc1snnc1-c1ccccc1)C1CCCCC1. The van der Waals surface area contributed by atoms with Crippen molar-refractivity contribution < 1.29 is 9.59 Å². The Morgan fingerprint density at radius 3 is 2.62 bits per heavy atom. The first kappa shape index (κ1) is 20.2. The molecule has 0 radical (unpaired) electrons. The van der Waals surface area contributed by atoms with Crippen LogP contribution < -0.4 is 5.73 Å². The highest BCUT2D eigenvalue weighted by Crippen LogP contribution is 2.30. The third-order valence-corrected chi connectivity index (χ3v) is 7.01. The molecule has 2 N–H and O–H groups in total. The van der Waals surface area contributed by atoms with E-state index >= 15 is 0 Å². The van der Waals surface area contributed by atoms with E-state index in [1.54, 1.807) is 4.90 Å². The van der Waals surface area contributed by atoms with Gasteiger partial charge >= 0.3 is 0 Å². The maximum atomic E-state index is 13.1. The molecule has 0 spiro atoms. The van der Waals surface area contributed by atoms with Crippen LogP contribution in [0.3, 0.4) is 0 Å². The highest BCUT2D eigenvalue weighted by atomic mass is 32.1. The number of carbonyl (C=O) groups excluding carboxylic acids is 2. The molecule has 2 aliphatic rings. The summed E-state index contributed by atoms with van der Waals surface area (Å²) in [6.45, 7) is 0.627. The number of carbonyl (C=O) groups is 2. The van der Waals surface area contributed by atoms with Gasteiger partial charge in [0.15, 0.2) is 5.78 Å². The molecule has 7 heteroatoms. The van der Waals surface area contributed by atoms with E-state index in [0.29, 0.717) is 6.54 Å². The summed E-state index contributed by atoms with van der Waals surface area (Å²) in [5.41, 5.74) is 8.07. The molecule has 2 heterocycles. The quantitative estimate of drug-likeness (QED) is 0.787. The van der Waals surface area contributed by atoms with Crippen LogP contribution >= 0.6 is 11.5 Å². The first-order valence-electron chi connectivity index (χ1n) is 10.6. The Bertz CT molecular complexity index is 848. The molecule has 0 unspecified atom stereocenters. The fourth-order valence-corrected chi connectivity index (χ4v) is 5.34. The van der Waals surface area contributed by atoms with E-state index in [1.807, 2.05) is 30.3 Å². The van der Waals surface area contributed by atoms with Crippen molar-refractivity contribution in [2.45, 2.75) is 63.5 Å². The number of amides is 1. The molecule has 154 valence electrons.